The quantitative estimate of drug-likeness (QED) is 0.360. The fraction of sp³-hybridized carbons (Fsp3) is 0.914. The molecule has 3 saturated heterocycles. The molecule has 8 heteroatoms. The van der Waals surface area contributed by atoms with Crippen molar-refractivity contribution in [1.29, 1.82) is 5.26 Å². The van der Waals surface area contributed by atoms with E-state index in [4.69, 9.17) is 4.74 Å². The number of nitrogens with zero attached hydrogens (tertiary/aromatic N) is 4. The summed E-state index contributed by atoms with van der Waals surface area (Å²) in [6, 6.07) is 2.46. The zero-order chi connectivity index (χ0) is 33.4. The van der Waals surface area contributed by atoms with Crippen molar-refractivity contribution in [1.82, 2.24) is 14.7 Å². The Morgan fingerprint density at radius 2 is 1.02 bits per heavy atom. The van der Waals surface area contributed by atoms with E-state index in [1.165, 1.54) is 0 Å². The summed E-state index contributed by atoms with van der Waals surface area (Å²) in [6.07, 6.45) is 3.05. The topological polar surface area (TPSA) is 97.1 Å². The number of likely N-dealkylation sites (tertiary alicyclic amines) is 3. The molecule has 1 N–H and O–H groups in total. The van der Waals surface area contributed by atoms with Gasteiger partial charge in [0.15, 0.2) is 5.41 Å². The Kier molecular flexibility index (Phi) is 9.14. The summed E-state index contributed by atoms with van der Waals surface area (Å²) in [7, 11) is 6.27. The third-order valence-corrected chi connectivity index (χ3v) is 12.6. The van der Waals surface area contributed by atoms with Crippen LogP contribution in [0.3, 0.4) is 0 Å². The number of esters is 1. The highest BCUT2D eigenvalue weighted by Gasteiger charge is 2.64. The molecule has 0 radical (unpaired) electrons. The van der Waals surface area contributed by atoms with Crippen molar-refractivity contribution in [2.45, 2.75) is 161 Å². The molecule has 8 nitrogen and oxygen atoms in total. The molecule has 3 heterocycles. The van der Waals surface area contributed by atoms with Crippen molar-refractivity contribution in [3.63, 3.8) is 0 Å². The summed E-state index contributed by atoms with van der Waals surface area (Å²) in [5, 5.41) is 22.4. The van der Waals surface area contributed by atoms with Gasteiger partial charge in [-0.05, 0) is 142 Å². The Bertz CT molecular complexity index is 1080. The minimum Gasteiger partial charge on any atom is -0.481 e. The summed E-state index contributed by atoms with van der Waals surface area (Å²) in [5.41, 5.74) is -3.59. The summed E-state index contributed by atoms with van der Waals surface area (Å²) in [5.74, 6) is -3.75. The maximum atomic E-state index is 14.9. The molecule has 0 saturated carbocycles. The highest BCUT2D eigenvalue weighted by Crippen LogP contribution is 2.56. The number of carbonyl (C=O) groups is 2. The lowest BCUT2D eigenvalue weighted by Crippen LogP contribution is -2.66. The van der Waals surface area contributed by atoms with Gasteiger partial charge in [0.05, 0.1) is 12.0 Å². The minimum absolute atomic E-state index is 0.228. The number of hydrogen-bond acceptors (Lipinski definition) is 7. The summed E-state index contributed by atoms with van der Waals surface area (Å²) < 4.78 is 6.46. The van der Waals surface area contributed by atoms with Crippen molar-refractivity contribution in [2.24, 2.45) is 23.2 Å². The summed E-state index contributed by atoms with van der Waals surface area (Å²) >= 11 is 0. The second kappa shape index (κ2) is 11.0. The van der Waals surface area contributed by atoms with E-state index >= 15 is 0 Å². The third kappa shape index (κ3) is 6.25. The number of carbonyl (C=O) groups excluding carboxylic acids is 1. The van der Waals surface area contributed by atoms with Crippen LogP contribution in [-0.2, 0) is 14.3 Å². The van der Waals surface area contributed by atoms with Crippen LogP contribution < -0.4 is 0 Å². The number of rotatable bonds is 6. The predicted octanol–water partition coefficient (Wildman–Crippen LogP) is 6.19. The largest absolute Gasteiger partial charge is 0.481 e. The molecule has 2 atom stereocenters. The van der Waals surface area contributed by atoms with Crippen molar-refractivity contribution in [3.8, 4) is 6.07 Å². The Balaban J connectivity index is 2.21. The number of piperidine rings is 3. The second-order valence-electron chi connectivity index (χ2n) is 18.1. The van der Waals surface area contributed by atoms with Gasteiger partial charge in [-0.3, -0.25) is 24.3 Å². The maximum Gasteiger partial charge on any atom is 0.327 e. The third-order valence-electron chi connectivity index (χ3n) is 12.6. The molecule has 0 amide bonds. The van der Waals surface area contributed by atoms with Gasteiger partial charge in [-0.25, -0.2) is 0 Å². The second-order valence-corrected chi connectivity index (χ2v) is 18.1. The number of carboxylic acids is 1. The molecule has 0 bridgehead atoms. The van der Waals surface area contributed by atoms with Crippen LogP contribution in [0.25, 0.3) is 0 Å². The molecule has 0 aromatic carbocycles. The smallest absolute Gasteiger partial charge is 0.327 e. The van der Waals surface area contributed by atoms with Crippen LogP contribution in [0.1, 0.15) is 122 Å². The Morgan fingerprint density at radius 1 is 0.698 bits per heavy atom. The molecule has 3 fully saturated rings. The predicted molar refractivity (Wildman–Crippen MR) is 171 cm³/mol. The molecule has 3 aliphatic rings. The molecule has 3 aliphatic heterocycles. The monoisotopic (exact) mass is 602 g/mol. The first-order chi connectivity index (χ1) is 19.2. The summed E-state index contributed by atoms with van der Waals surface area (Å²) in [4.78, 5) is 35.4. The SMILES string of the molecule is CN1C(C)(C)CC(OC(=O)C(C#N)(C2CC(C)(C)N(C)C(C)(C)C2)C(C(=O)O)C2CC(C)(C)N(C)C(C)(C)C2)CC1(C)C. The van der Waals surface area contributed by atoms with E-state index in [9.17, 15) is 20.0 Å². The molecule has 0 aromatic rings. The van der Waals surface area contributed by atoms with Crippen molar-refractivity contribution >= 4 is 11.9 Å². The fourth-order valence-corrected chi connectivity index (χ4v) is 9.51. The fourth-order valence-electron chi connectivity index (χ4n) is 9.51. The number of nitriles is 1. The molecular formula is C35H62N4O4. The van der Waals surface area contributed by atoms with E-state index in [-0.39, 0.29) is 39.2 Å². The lowest BCUT2D eigenvalue weighted by molar-refractivity contribution is -0.189. The maximum absolute atomic E-state index is 14.9. The number of ether oxygens (including phenoxy) is 1. The lowest BCUT2D eigenvalue weighted by Gasteiger charge is -2.59. The van der Waals surface area contributed by atoms with Crippen LogP contribution in [0.4, 0.5) is 0 Å². The Morgan fingerprint density at radius 3 is 1.35 bits per heavy atom. The number of hydrogen-bond donors (Lipinski definition) is 1. The van der Waals surface area contributed by atoms with Crippen LogP contribution >= 0.6 is 0 Å². The van der Waals surface area contributed by atoms with Crippen LogP contribution in [0.5, 0.6) is 0 Å². The van der Waals surface area contributed by atoms with Gasteiger partial charge in [-0.2, -0.15) is 5.26 Å². The molecule has 3 rings (SSSR count). The van der Waals surface area contributed by atoms with E-state index in [1.807, 2.05) is 0 Å². The zero-order valence-electron chi connectivity index (χ0n) is 30.0. The van der Waals surface area contributed by atoms with Crippen molar-refractivity contribution in [3.05, 3.63) is 0 Å². The first-order valence-corrected chi connectivity index (χ1v) is 16.2. The van der Waals surface area contributed by atoms with Crippen LogP contribution in [0, 0.1) is 34.5 Å². The van der Waals surface area contributed by atoms with Gasteiger partial charge in [0.2, 0.25) is 0 Å². The molecule has 43 heavy (non-hydrogen) atoms. The van der Waals surface area contributed by atoms with Gasteiger partial charge < -0.3 is 9.84 Å². The van der Waals surface area contributed by atoms with Gasteiger partial charge in [0.1, 0.15) is 6.10 Å². The van der Waals surface area contributed by atoms with Gasteiger partial charge in [0, 0.05) is 46.1 Å². The van der Waals surface area contributed by atoms with E-state index in [0.717, 1.165) is 0 Å². The molecule has 0 aromatic heterocycles. The van der Waals surface area contributed by atoms with Crippen molar-refractivity contribution < 1.29 is 19.4 Å². The summed E-state index contributed by atoms with van der Waals surface area (Å²) in [6.45, 7) is 25.7. The Hall–Kier alpha value is -1.69. The van der Waals surface area contributed by atoms with E-state index < -0.39 is 35.3 Å². The molecule has 246 valence electrons. The van der Waals surface area contributed by atoms with Crippen LogP contribution in [-0.4, -0.2) is 92.2 Å². The van der Waals surface area contributed by atoms with Crippen LogP contribution in [0.2, 0.25) is 0 Å². The van der Waals surface area contributed by atoms with Crippen molar-refractivity contribution in [2.75, 3.05) is 21.1 Å². The lowest BCUT2D eigenvalue weighted by atomic mass is 9.54. The van der Waals surface area contributed by atoms with Crippen LogP contribution in [0.15, 0.2) is 0 Å². The van der Waals surface area contributed by atoms with Gasteiger partial charge >= 0.3 is 11.9 Å². The minimum atomic E-state index is -1.83. The average molecular weight is 603 g/mol. The highest BCUT2D eigenvalue weighted by molar-refractivity contribution is 5.88. The number of aliphatic carboxylic acids is 1. The molecule has 2 unspecified atom stereocenters. The molecule has 0 spiro atoms. The first kappa shape index (κ1) is 35.8. The highest BCUT2D eigenvalue weighted by atomic mass is 16.5. The number of carboxylic acid groups (broad SMARTS) is 1. The normalized spacial score (nSPS) is 30.1. The molecule has 0 aliphatic carbocycles. The first-order valence-electron chi connectivity index (χ1n) is 16.2. The van der Waals surface area contributed by atoms with E-state index in [1.54, 1.807) is 0 Å². The van der Waals surface area contributed by atoms with Gasteiger partial charge in [-0.1, -0.05) is 0 Å². The average Bonchev–Trinajstić information content (AvgIpc) is 2.81. The van der Waals surface area contributed by atoms with E-state index in [0.29, 0.717) is 38.5 Å². The molecular weight excluding hydrogens is 540 g/mol. The van der Waals surface area contributed by atoms with E-state index in [2.05, 4.69) is 125 Å². The van der Waals surface area contributed by atoms with Gasteiger partial charge in [-0.15, -0.1) is 0 Å². The Labute approximate surface area is 262 Å². The standard InChI is InChI=1S/C35H62N4O4/c1-29(2)16-23(17-30(3,4)37(29)13)26(27(40)41)35(22-36,24-18-31(5,6)38(14)32(7,8)19-24)28(42)43-25-20-33(9,10)39(15)34(11,12)21-25/h23-26H,16-21H2,1-15H3,(H,40,41). The van der Waals surface area contributed by atoms with Gasteiger partial charge in [0.25, 0.3) is 0 Å². The zero-order valence-corrected chi connectivity index (χ0v) is 30.0.